The predicted molar refractivity (Wildman–Crippen MR) is 108 cm³/mol. The van der Waals surface area contributed by atoms with E-state index in [1.54, 1.807) is 6.07 Å². The Labute approximate surface area is 151 Å². The third-order valence-electron chi connectivity index (χ3n) is 4.66. The Morgan fingerprint density at radius 1 is 1.28 bits per heavy atom. The summed E-state index contributed by atoms with van der Waals surface area (Å²) in [6.45, 7) is 9.01. The van der Waals surface area contributed by atoms with E-state index in [2.05, 4.69) is 47.7 Å². The predicted octanol–water partition coefficient (Wildman–Crippen LogP) is 4.09. The monoisotopic (exact) mass is 374 g/mol. The summed E-state index contributed by atoms with van der Waals surface area (Å²) >= 11 is 0. The summed E-state index contributed by atoms with van der Waals surface area (Å²) in [4.78, 5) is 3.28. The molecule has 1 atom stereocenters. The van der Waals surface area contributed by atoms with Crippen LogP contribution in [0.3, 0.4) is 0 Å². The van der Waals surface area contributed by atoms with Crippen LogP contribution in [0.25, 0.3) is 10.9 Å². The van der Waals surface area contributed by atoms with Gasteiger partial charge in [-0.15, -0.1) is 5.54 Å². The number of benzene rings is 1. The van der Waals surface area contributed by atoms with Crippen LogP contribution in [-0.4, -0.2) is 27.7 Å². The van der Waals surface area contributed by atoms with Crippen molar-refractivity contribution >= 4 is 34.7 Å². The standard InChI is InChI=1S/C19H26N2O2SSi/c1-19(14-9-10-14,11-12-25(3,4)5)16-13-20-18-15(16)7-6-8-17(18)21-24(2,22)23/h6-8,13-14,20-21H,9-10H2,1-5H3. The number of anilines is 1. The minimum Gasteiger partial charge on any atom is -0.359 e. The number of hydrogen-bond acceptors (Lipinski definition) is 2. The molecule has 0 saturated heterocycles. The van der Waals surface area contributed by atoms with E-state index in [1.165, 1.54) is 24.7 Å². The summed E-state index contributed by atoms with van der Waals surface area (Å²) in [7, 11) is -4.79. The van der Waals surface area contributed by atoms with Crippen molar-refractivity contribution in [2.45, 2.75) is 44.8 Å². The molecule has 0 bridgehead atoms. The van der Waals surface area contributed by atoms with Crippen molar-refractivity contribution in [3.8, 4) is 11.5 Å². The van der Waals surface area contributed by atoms with Gasteiger partial charge < -0.3 is 4.98 Å². The van der Waals surface area contributed by atoms with Crippen molar-refractivity contribution in [2.24, 2.45) is 5.92 Å². The lowest BCUT2D eigenvalue weighted by Crippen LogP contribution is -2.25. The van der Waals surface area contributed by atoms with Crippen LogP contribution in [-0.2, 0) is 15.4 Å². The van der Waals surface area contributed by atoms with E-state index in [0.29, 0.717) is 11.6 Å². The summed E-state index contributed by atoms with van der Waals surface area (Å²) in [6.07, 6.45) is 5.58. The van der Waals surface area contributed by atoms with E-state index in [-0.39, 0.29) is 5.41 Å². The fraction of sp³-hybridized carbons (Fsp3) is 0.474. The maximum absolute atomic E-state index is 11.6. The van der Waals surface area contributed by atoms with Gasteiger partial charge in [-0.25, -0.2) is 8.42 Å². The molecule has 6 heteroatoms. The smallest absolute Gasteiger partial charge is 0.229 e. The van der Waals surface area contributed by atoms with Crippen molar-refractivity contribution in [3.63, 3.8) is 0 Å². The van der Waals surface area contributed by atoms with Crippen LogP contribution in [0, 0.1) is 17.4 Å². The van der Waals surface area contributed by atoms with Crippen molar-refractivity contribution in [1.82, 2.24) is 4.98 Å². The van der Waals surface area contributed by atoms with Gasteiger partial charge in [0.05, 0.1) is 22.9 Å². The first kappa shape index (κ1) is 18.1. The molecule has 1 unspecified atom stereocenters. The van der Waals surface area contributed by atoms with Gasteiger partial charge in [0, 0.05) is 11.6 Å². The minimum absolute atomic E-state index is 0.192. The second-order valence-electron chi connectivity index (χ2n) is 8.28. The van der Waals surface area contributed by atoms with Crippen LogP contribution in [0.2, 0.25) is 19.6 Å². The van der Waals surface area contributed by atoms with Crippen molar-refractivity contribution in [1.29, 1.82) is 0 Å². The van der Waals surface area contributed by atoms with Gasteiger partial charge in [0.1, 0.15) is 8.07 Å². The van der Waals surface area contributed by atoms with E-state index in [9.17, 15) is 8.42 Å². The molecule has 3 rings (SSSR count). The molecule has 25 heavy (non-hydrogen) atoms. The summed E-state index contributed by atoms with van der Waals surface area (Å²) in [5.41, 5.74) is 5.94. The zero-order chi connectivity index (χ0) is 18.5. The van der Waals surface area contributed by atoms with Gasteiger partial charge >= 0.3 is 0 Å². The number of H-pyrrole nitrogens is 1. The van der Waals surface area contributed by atoms with E-state index < -0.39 is 18.1 Å². The van der Waals surface area contributed by atoms with Gasteiger partial charge in [-0.3, -0.25) is 4.72 Å². The highest BCUT2D eigenvalue weighted by atomic mass is 32.2. The first-order chi connectivity index (χ1) is 11.5. The third kappa shape index (κ3) is 3.93. The number of sulfonamides is 1. The molecule has 1 saturated carbocycles. The highest BCUT2D eigenvalue weighted by Crippen LogP contribution is 2.49. The molecule has 1 fully saturated rings. The number of para-hydroxylation sites is 1. The van der Waals surface area contributed by atoms with Crippen LogP contribution < -0.4 is 4.72 Å². The number of hydrogen-bond donors (Lipinski definition) is 2. The van der Waals surface area contributed by atoms with E-state index in [1.807, 2.05) is 18.3 Å². The van der Waals surface area contributed by atoms with Crippen LogP contribution in [0.1, 0.15) is 25.3 Å². The number of aromatic amines is 1. The van der Waals surface area contributed by atoms with Crippen molar-refractivity contribution < 1.29 is 8.42 Å². The maximum atomic E-state index is 11.6. The van der Waals surface area contributed by atoms with Gasteiger partial charge in [0.15, 0.2) is 0 Å². The van der Waals surface area contributed by atoms with E-state index in [4.69, 9.17) is 0 Å². The summed E-state index contributed by atoms with van der Waals surface area (Å²) in [5, 5.41) is 1.05. The molecule has 1 aromatic carbocycles. The summed E-state index contributed by atoms with van der Waals surface area (Å²) < 4.78 is 25.9. The summed E-state index contributed by atoms with van der Waals surface area (Å²) in [6, 6.07) is 5.73. The lowest BCUT2D eigenvalue weighted by atomic mass is 9.78. The average Bonchev–Trinajstić information content (AvgIpc) is 3.23. The maximum Gasteiger partial charge on any atom is 0.229 e. The molecule has 2 N–H and O–H groups in total. The largest absolute Gasteiger partial charge is 0.359 e. The minimum atomic E-state index is -3.32. The topological polar surface area (TPSA) is 62.0 Å². The Morgan fingerprint density at radius 3 is 2.52 bits per heavy atom. The molecule has 1 aliphatic rings. The third-order valence-corrected chi connectivity index (χ3v) is 6.13. The highest BCUT2D eigenvalue weighted by Gasteiger charge is 2.43. The molecule has 4 nitrogen and oxygen atoms in total. The molecule has 2 aromatic rings. The van der Waals surface area contributed by atoms with E-state index >= 15 is 0 Å². The molecular weight excluding hydrogens is 348 g/mol. The number of rotatable bonds is 4. The molecule has 134 valence electrons. The second kappa shape index (κ2) is 5.92. The van der Waals surface area contributed by atoms with Crippen LogP contribution >= 0.6 is 0 Å². The number of nitrogens with one attached hydrogen (secondary N) is 2. The quantitative estimate of drug-likeness (QED) is 0.625. The Morgan fingerprint density at radius 2 is 1.96 bits per heavy atom. The molecule has 1 aliphatic carbocycles. The first-order valence-corrected chi connectivity index (χ1v) is 14.0. The fourth-order valence-corrected chi connectivity index (χ4v) is 4.44. The summed E-state index contributed by atoms with van der Waals surface area (Å²) in [5.74, 6) is 4.18. The Bertz CT molecular complexity index is 972. The Hall–Kier alpha value is -1.71. The SMILES string of the molecule is CC(C#C[Si](C)(C)C)(c1c[nH]c2c(NS(C)(=O)=O)cccc12)C1CC1. The number of fused-ring (bicyclic) bond motifs is 1. The molecule has 0 radical (unpaired) electrons. The van der Waals surface area contributed by atoms with Crippen LogP contribution in [0.15, 0.2) is 24.4 Å². The molecule has 0 aliphatic heterocycles. The van der Waals surface area contributed by atoms with E-state index in [0.717, 1.165) is 10.9 Å². The zero-order valence-corrected chi connectivity index (χ0v) is 17.3. The van der Waals surface area contributed by atoms with Gasteiger partial charge in [-0.1, -0.05) is 37.7 Å². The molecule has 0 amide bonds. The van der Waals surface area contributed by atoms with Gasteiger partial charge in [-0.05, 0) is 37.3 Å². The molecule has 0 spiro atoms. The van der Waals surface area contributed by atoms with Crippen molar-refractivity contribution in [3.05, 3.63) is 30.0 Å². The lowest BCUT2D eigenvalue weighted by Gasteiger charge is -2.24. The van der Waals surface area contributed by atoms with Gasteiger partial charge in [0.25, 0.3) is 0 Å². The van der Waals surface area contributed by atoms with Crippen molar-refractivity contribution in [2.75, 3.05) is 11.0 Å². The van der Waals surface area contributed by atoms with Crippen LogP contribution in [0.5, 0.6) is 0 Å². The zero-order valence-electron chi connectivity index (χ0n) is 15.5. The van der Waals surface area contributed by atoms with Gasteiger partial charge in [0.2, 0.25) is 10.0 Å². The highest BCUT2D eigenvalue weighted by molar-refractivity contribution is 7.92. The fourth-order valence-electron chi connectivity index (χ4n) is 3.24. The molecular formula is C19H26N2O2SSi. The average molecular weight is 375 g/mol. The lowest BCUT2D eigenvalue weighted by molar-refractivity contribution is 0.540. The van der Waals surface area contributed by atoms with Gasteiger partial charge in [-0.2, -0.15) is 0 Å². The second-order valence-corrected chi connectivity index (χ2v) is 14.8. The molecule has 1 heterocycles. The first-order valence-electron chi connectivity index (χ1n) is 8.62. The van der Waals surface area contributed by atoms with Crippen LogP contribution in [0.4, 0.5) is 5.69 Å². The number of aromatic nitrogens is 1. The Kier molecular flexibility index (Phi) is 4.29. The molecule has 1 aromatic heterocycles. The normalized spacial score (nSPS) is 17.6. The Balaban J connectivity index is 2.14.